The molecule has 2 heterocycles. The number of carbonyl (C=O) groups is 1. The predicted octanol–water partition coefficient (Wildman–Crippen LogP) is 1.98. The molecule has 2 atom stereocenters. The number of hydrogen-bond acceptors (Lipinski definition) is 5. The number of nitrogens with one attached hydrogen (secondary N) is 2. The van der Waals surface area contributed by atoms with Crippen LogP contribution in [0.5, 0.6) is 0 Å². The first-order valence-corrected chi connectivity index (χ1v) is 6.67. The standard InChI is InChI=1S/C14H19N3O4/c1-8(13-9(2)17-21-10(13)3)16-14(19)15-7-11(18)12-5-4-6-20-12/h4-6,8,11,18H,7H2,1-3H3,(H2,15,16,19). The number of carbonyl (C=O) groups excluding carboxylic acids is 1. The van der Waals surface area contributed by atoms with Gasteiger partial charge in [-0.2, -0.15) is 0 Å². The SMILES string of the molecule is Cc1noc(C)c1C(C)NC(=O)NCC(O)c1ccco1. The van der Waals surface area contributed by atoms with E-state index in [1.807, 2.05) is 13.8 Å². The summed E-state index contributed by atoms with van der Waals surface area (Å²) < 4.78 is 10.1. The van der Waals surface area contributed by atoms with Gasteiger partial charge in [0, 0.05) is 5.56 Å². The number of amides is 2. The molecule has 114 valence electrons. The van der Waals surface area contributed by atoms with Gasteiger partial charge in [0.15, 0.2) is 0 Å². The second-order valence-corrected chi connectivity index (χ2v) is 4.85. The van der Waals surface area contributed by atoms with Gasteiger partial charge in [0.1, 0.15) is 17.6 Å². The zero-order valence-electron chi connectivity index (χ0n) is 12.2. The van der Waals surface area contributed by atoms with Crippen LogP contribution in [0.2, 0.25) is 0 Å². The largest absolute Gasteiger partial charge is 0.467 e. The van der Waals surface area contributed by atoms with Crippen molar-refractivity contribution in [3.8, 4) is 0 Å². The number of aliphatic hydroxyl groups is 1. The molecule has 2 rings (SSSR count). The summed E-state index contributed by atoms with van der Waals surface area (Å²) in [6, 6.07) is 2.71. The van der Waals surface area contributed by atoms with Crippen molar-refractivity contribution >= 4 is 6.03 Å². The second kappa shape index (κ2) is 6.45. The van der Waals surface area contributed by atoms with Gasteiger partial charge >= 0.3 is 6.03 Å². The van der Waals surface area contributed by atoms with Crippen molar-refractivity contribution in [2.45, 2.75) is 32.9 Å². The molecule has 0 aromatic carbocycles. The van der Waals surface area contributed by atoms with Gasteiger partial charge in [0.25, 0.3) is 0 Å². The Morgan fingerprint density at radius 2 is 2.24 bits per heavy atom. The number of aryl methyl sites for hydroxylation is 2. The normalized spacial score (nSPS) is 13.7. The molecule has 0 saturated carbocycles. The van der Waals surface area contributed by atoms with Crippen molar-refractivity contribution < 1.29 is 18.8 Å². The predicted molar refractivity (Wildman–Crippen MR) is 74.6 cm³/mol. The third-order valence-corrected chi connectivity index (χ3v) is 3.20. The highest BCUT2D eigenvalue weighted by Crippen LogP contribution is 2.20. The molecule has 0 bridgehead atoms. The quantitative estimate of drug-likeness (QED) is 0.782. The maximum absolute atomic E-state index is 11.8. The highest BCUT2D eigenvalue weighted by Gasteiger charge is 2.19. The molecule has 2 unspecified atom stereocenters. The summed E-state index contributed by atoms with van der Waals surface area (Å²) in [5, 5.41) is 19.0. The van der Waals surface area contributed by atoms with Crippen LogP contribution in [0, 0.1) is 13.8 Å². The third kappa shape index (κ3) is 3.63. The van der Waals surface area contributed by atoms with Crippen LogP contribution in [0.3, 0.4) is 0 Å². The second-order valence-electron chi connectivity index (χ2n) is 4.85. The van der Waals surface area contributed by atoms with Crippen LogP contribution in [-0.2, 0) is 0 Å². The Labute approximate surface area is 122 Å². The lowest BCUT2D eigenvalue weighted by Gasteiger charge is -2.15. The lowest BCUT2D eigenvalue weighted by atomic mass is 10.1. The van der Waals surface area contributed by atoms with E-state index in [9.17, 15) is 9.90 Å². The molecule has 0 aliphatic heterocycles. The van der Waals surface area contributed by atoms with E-state index in [1.54, 1.807) is 19.1 Å². The summed E-state index contributed by atoms with van der Waals surface area (Å²) in [4.78, 5) is 11.8. The summed E-state index contributed by atoms with van der Waals surface area (Å²) in [5.74, 6) is 1.09. The first-order valence-electron chi connectivity index (χ1n) is 6.67. The minimum Gasteiger partial charge on any atom is -0.467 e. The van der Waals surface area contributed by atoms with Crippen molar-refractivity contribution in [3.63, 3.8) is 0 Å². The number of urea groups is 1. The molecule has 2 aromatic heterocycles. The number of rotatable bonds is 5. The molecule has 7 nitrogen and oxygen atoms in total. The van der Waals surface area contributed by atoms with Crippen LogP contribution in [0.1, 0.15) is 41.8 Å². The van der Waals surface area contributed by atoms with E-state index in [0.29, 0.717) is 11.5 Å². The molecule has 2 amide bonds. The van der Waals surface area contributed by atoms with Crippen LogP contribution in [0.4, 0.5) is 4.79 Å². The van der Waals surface area contributed by atoms with E-state index in [2.05, 4.69) is 15.8 Å². The topological polar surface area (TPSA) is 101 Å². The molecule has 0 radical (unpaired) electrons. The van der Waals surface area contributed by atoms with Crippen LogP contribution in [0.25, 0.3) is 0 Å². The van der Waals surface area contributed by atoms with E-state index in [4.69, 9.17) is 8.94 Å². The average Bonchev–Trinajstić information content (AvgIpc) is 3.06. The van der Waals surface area contributed by atoms with Crippen LogP contribution in [0.15, 0.2) is 27.3 Å². The van der Waals surface area contributed by atoms with Gasteiger partial charge in [-0.05, 0) is 32.9 Å². The monoisotopic (exact) mass is 293 g/mol. The third-order valence-electron chi connectivity index (χ3n) is 3.20. The molecule has 0 saturated heterocycles. The van der Waals surface area contributed by atoms with E-state index < -0.39 is 6.10 Å². The van der Waals surface area contributed by atoms with Crippen molar-refractivity contribution in [1.29, 1.82) is 0 Å². The lowest BCUT2D eigenvalue weighted by molar-refractivity contribution is 0.147. The molecular weight excluding hydrogens is 274 g/mol. The molecular formula is C14H19N3O4. The maximum Gasteiger partial charge on any atom is 0.315 e. The zero-order valence-corrected chi connectivity index (χ0v) is 12.2. The fourth-order valence-electron chi connectivity index (χ4n) is 2.20. The molecule has 0 aliphatic rings. The van der Waals surface area contributed by atoms with E-state index in [1.165, 1.54) is 6.26 Å². The van der Waals surface area contributed by atoms with Gasteiger partial charge in [-0.3, -0.25) is 0 Å². The van der Waals surface area contributed by atoms with Gasteiger partial charge in [0.05, 0.1) is 24.5 Å². The molecule has 3 N–H and O–H groups in total. The molecule has 7 heteroatoms. The van der Waals surface area contributed by atoms with E-state index in [-0.39, 0.29) is 18.6 Å². The molecule has 0 spiro atoms. The highest BCUT2D eigenvalue weighted by molar-refractivity contribution is 5.74. The Bertz CT molecular complexity index is 572. The van der Waals surface area contributed by atoms with Gasteiger partial charge in [0.2, 0.25) is 0 Å². The fourth-order valence-corrected chi connectivity index (χ4v) is 2.20. The summed E-state index contributed by atoms with van der Waals surface area (Å²) in [7, 11) is 0. The van der Waals surface area contributed by atoms with Gasteiger partial charge in [-0.15, -0.1) is 0 Å². The summed E-state index contributed by atoms with van der Waals surface area (Å²) in [6.45, 7) is 5.53. The minimum absolute atomic E-state index is 0.0632. The zero-order chi connectivity index (χ0) is 15.4. The Morgan fingerprint density at radius 3 is 2.81 bits per heavy atom. The molecule has 0 fully saturated rings. The van der Waals surface area contributed by atoms with Gasteiger partial charge in [-0.25, -0.2) is 4.79 Å². The van der Waals surface area contributed by atoms with Crippen LogP contribution in [-0.4, -0.2) is 22.8 Å². The summed E-state index contributed by atoms with van der Waals surface area (Å²) in [5.41, 5.74) is 1.60. The maximum atomic E-state index is 11.8. The number of aromatic nitrogens is 1. The summed E-state index contributed by atoms with van der Waals surface area (Å²) >= 11 is 0. The highest BCUT2D eigenvalue weighted by atomic mass is 16.5. The number of aliphatic hydroxyl groups excluding tert-OH is 1. The fraction of sp³-hybridized carbons (Fsp3) is 0.429. The lowest BCUT2D eigenvalue weighted by Crippen LogP contribution is -2.39. The summed E-state index contributed by atoms with van der Waals surface area (Å²) in [6.07, 6.45) is 0.596. The molecule has 0 aliphatic carbocycles. The smallest absolute Gasteiger partial charge is 0.315 e. The van der Waals surface area contributed by atoms with Crippen molar-refractivity contribution in [3.05, 3.63) is 41.2 Å². The van der Waals surface area contributed by atoms with Crippen molar-refractivity contribution in [2.75, 3.05) is 6.54 Å². The van der Waals surface area contributed by atoms with Crippen molar-refractivity contribution in [1.82, 2.24) is 15.8 Å². The Morgan fingerprint density at radius 1 is 1.48 bits per heavy atom. The van der Waals surface area contributed by atoms with Crippen LogP contribution >= 0.6 is 0 Å². The number of hydrogen-bond donors (Lipinski definition) is 3. The molecule has 21 heavy (non-hydrogen) atoms. The first-order chi connectivity index (χ1) is 9.99. The minimum atomic E-state index is -0.875. The van der Waals surface area contributed by atoms with E-state index in [0.717, 1.165) is 11.3 Å². The van der Waals surface area contributed by atoms with Crippen LogP contribution < -0.4 is 10.6 Å². The Balaban J connectivity index is 1.85. The number of nitrogens with zero attached hydrogens (tertiary/aromatic N) is 1. The van der Waals surface area contributed by atoms with Gasteiger partial charge < -0.3 is 24.7 Å². The Kier molecular flexibility index (Phi) is 4.64. The average molecular weight is 293 g/mol. The van der Waals surface area contributed by atoms with Crippen molar-refractivity contribution in [2.24, 2.45) is 0 Å². The van der Waals surface area contributed by atoms with Gasteiger partial charge in [-0.1, -0.05) is 5.16 Å². The Hall–Kier alpha value is -2.28. The van der Waals surface area contributed by atoms with E-state index >= 15 is 0 Å². The first kappa shape index (κ1) is 15.1. The number of furan rings is 1. The molecule has 2 aromatic rings.